The van der Waals surface area contributed by atoms with Crippen LogP contribution >= 0.6 is 0 Å². The van der Waals surface area contributed by atoms with Crippen LogP contribution in [0.25, 0.3) is 0 Å². The molecule has 0 radical (unpaired) electrons. The van der Waals surface area contributed by atoms with Crippen LogP contribution in [-0.4, -0.2) is 43.0 Å². The minimum Gasteiger partial charge on any atom is -0.367 e. The number of nitrogens with one attached hydrogen (secondary N) is 1. The Kier molecular flexibility index (Phi) is 4.58. The van der Waals surface area contributed by atoms with Gasteiger partial charge in [-0.1, -0.05) is 18.7 Å². The lowest BCUT2D eigenvalue weighted by atomic mass is 9.90. The quantitative estimate of drug-likeness (QED) is 0.824. The summed E-state index contributed by atoms with van der Waals surface area (Å²) >= 11 is 0. The van der Waals surface area contributed by atoms with Gasteiger partial charge < -0.3 is 10.2 Å². The maximum atomic E-state index is 14.8. The molecule has 2 aromatic rings. The van der Waals surface area contributed by atoms with Crippen molar-refractivity contribution in [1.29, 1.82) is 5.26 Å². The van der Waals surface area contributed by atoms with Crippen LogP contribution in [0.3, 0.4) is 0 Å². The fourth-order valence-electron chi connectivity index (χ4n) is 5.06. The molecule has 2 saturated heterocycles. The second-order valence-corrected chi connectivity index (χ2v) is 7.98. The molecule has 2 bridgehead atoms. The van der Waals surface area contributed by atoms with E-state index in [2.05, 4.69) is 38.0 Å². The molecule has 8 heteroatoms. The Morgan fingerprint density at radius 2 is 2.10 bits per heavy atom. The predicted molar refractivity (Wildman–Crippen MR) is 110 cm³/mol. The predicted octanol–water partition coefficient (Wildman–Crippen LogP) is 3.36. The van der Waals surface area contributed by atoms with Crippen molar-refractivity contribution in [2.75, 3.05) is 5.32 Å². The number of rotatable bonds is 5. The summed E-state index contributed by atoms with van der Waals surface area (Å²) in [6, 6.07) is 5.96. The molecule has 2 aromatic heterocycles. The number of nitrogens with zero attached hydrogens (tertiary/aromatic N) is 6. The standard InChI is InChI=1S/C22H22FN7/c1-14(17-3-2-4-18(23)22(17)30-26-9-10-27-30)29-16-6-7-20(29)19(11-16)28-21-8-5-15(12-24)13-25-21/h2-5,8-10,13,16-17,19-20,22H,1,6-7,11H2,(H,25,28). The maximum Gasteiger partial charge on any atom is 0.135 e. The molecule has 152 valence electrons. The second kappa shape index (κ2) is 7.41. The van der Waals surface area contributed by atoms with Crippen LogP contribution in [0.2, 0.25) is 0 Å². The van der Waals surface area contributed by atoms with Gasteiger partial charge in [0.15, 0.2) is 0 Å². The molecule has 0 saturated carbocycles. The summed E-state index contributed by atoms with van der Waals surface area (Å²) in [6.07, 6.45) is 13.0. The lowest BCUT2D eigenvalue weighted by Crippen LogP contribution is -2.39. The zero-order valence-corrected chi connectivity index (χ0v) is 16.4. The van der Waals surface area contributed by atoms with Gasteiger partial charge in [0.05, 0.1) is 18.0 Å². The summed E-state index contributed by atoms with van der Waals surface area (Å²) in [4.78, 5) is 8.15. The number of hydrogen-bond acceptors (Lipinski definition) is 6. The van der Waals surface area contributed by atoms with Crippen LogP contribution in [0.4, 0.5) is 10.2 Å². The highest BCUT2D eigenvalue weighted by atomic mass is 19.1. The molecule has 0 amide bonds. The molecule has 5 unspecified atom stereocenters. The van der Waals surface area contributed by atoms with E-state index in [1.165, 1.54) is 10.9 Å². The van der Waals surface area contributed by atoms with E-state index in [0.717, 1.165) is 30.8 Å². The van der Waals surface area contributed by atoms with Gasteiger partial charge in [-0.3, -0.25) is 0 Å². The second-order valence-electron chi connectivity index (χ2n) is 7.98. The Morgan fingerprint density at radius 3 is 2.83 bits per heavy atom. The summed E-state index contributed by atoms with van der Waals surface area (Å²) in [6.45, 7) is 4.39. The summed E-state index contributed by atoms with van der Waals surface area (Å²) in [5.74, 6) is 0.266. The Balaban J connectivity index is 1.35. The first-order valence-corrected chi connectivity index (χ1v) is 10.1. The van der Waals surface area contributed by atoms with Crippen LogP contribution in [0.5, 0.6) is 0 Å². The molecule has 1 N–H and O–H groups in total. The van der Waals surface area contributed by atoms with Crippen molar-refractivity contribution >= 4 is 5.82 Å². The third kappa shape index (κ3) is 3.07. The number of halogens is 1. The molecule has 1 aliphatic carbocycles. The van der Waals surface area contributed by atoms with Gasteiger partial charge in [0.25, 0.3) is 0 Å². The number of nitriles is 1. The van der Waals surface area contributed by atoms with E-state index in [1.807, 2.05) is 12.1 Å². The van der Waals surface area contributed by atoms with Gasteiger partial charge in [0, 0.05) is 35.9 Å². The van der Waals surface area contributed by atoms with Gasteiger partial charge in [-0.15, -0.1) is 0 Å². The van der Waals surface area contributed by atoms with Gasteiger partial charge in [-0.2, -0.15) is 20.3 Å². The SMILES string of the molecule is C=C(C1C=CC=C(F)C1n1nccn1)N1C2CCC1C(Nc1ccc(C#N)cn1)C2. The average molecular weight is 403 g/mol. The highest BCUT2D eigenvalue weighted by molar-refractivity contribution is 5.41. The molecule has 5 rings (SSSR count). The van der Waals surface area contributed by atoms with Crippen molar-refractivity contribution < 1.29 is 4.39 Å². The van der Waals surface area contributed by atoms with E-state index in [1.54, 1.807) is 30.7 Å². The van der Waals surface area contributed by atoms with Crippen molar-refractivity contribution in [2.45, 2.75) is 43.4 Å². The van der Waals surface area contributed by atoms with Crippen LogP contribution in [0, 0.1) is 17.2 Å². The van der Waals surface area contributed by atoms with Crippen LogP contribution in [-0.2, 0) is 0 Å². The fraction of sp³-hybridized carbons (Fsp3) is 0.364. The minimum atomic E-state index is -0.607. The smallest absolute Gasteiger partial charge is 0.135 e. The van der Waals surface area contributed by atoms with Gasteiger partial charge in [0.1, 0.15) is 23.8 Å². The average Bonchev–Trinajstić information content (AvgIpc) is 3.50. The molecule has 0 aromatic carbocycles. The number of allylic oxidation sites excluding steroid dienone is 4. The lowest BCUT2D eigenvalue weighted by molar-refractivity contribution is 0.247. The van der Waals surface area contributed by atoms with Crippen LogP contribution in [0.15, 0.2) is 67.1 Å². The van der Waals surface area contributed by atoms with E-state index in [0.29, 0.717) is 11.6 Å². The highest BCUT2D eigenvalue weighted by Gasteiger charge is 2.49. The van der Waals surface area contributed by atoms with Crippen LogP contribution in [0.1, 0.15) is 30.9 Å². The number of pyridine rings is 1. The van der Waals surface area contributed by atoms with Crippen molar-refractivity contribution in [3.8, 4) is 6.07 Å². The molecule has 0 spiro atoms. The Morgan fingerprint density at radius 1 is 1.27 bits per heavy atom. The zero-order valence-electron chi connectivity index (χ0n) is 16.4. The fourth-order valence-corrected chi connectivity index (χ4v) is 5.06. The third-order valence-corrected chi connectivity index (χ3v) is 6.36. The van der Waals surface area contributed by atoms with Crippen molar-refractivity contribution in [2.24, 2.45) is 5.92 Å². The largest absolute Gasteiger partial charge is 0.367 e. The third-order valence-electron chi connectivity index (χ3n) is 6.36. The number of fused-ring (bicyclic) bond motifs is 2. The van der Waals surface area contributed by atoms with E-state index in [9.17, 15) is 4.39 Å². The lowest BCUT2D eigenvalue weighted by Gasteiger charge is -2.35. The zero-order chi connectivity index (χ0) is 20.7. The maximum absolute atomic E-state index is 14.8. The molecule has 5 atom stereocenters. The molecule has 4 heterocycles. The molecule has 30 heavy (non-hydrogen) atoms. The van der Waals surface area contributed by atoms with E-state index in [-0.39, 0.29) is 23.8 Å². The van der Waals surface area contributed by atoms with Crippen molar-refractivity contribution in [3.63, 3.8) is 0 Å². The van der Waals surface area contributed by atoms with E-state index < -0.39 is 6.04 Å². The Bertz CT molecular complexity index is 1030. The number of hydrogen-bond donors (Lipinski definition) is 1. The monoisotopic (exact) mass is 403 g/mol. The van der Waals surface area contributed by atoms with Gasteiger partial charge in [0.2, 0.25) is 0 Å². The van der Waals surface area contributed by atoms with Gasteiger partial charge in [-0.05, 0) is 37.5 Å². The van der Waals surface area contributed by atoms with Crippen molar-refractivity contribution in [3.05, 3.63) is 72.6 Å². The summed E-state index contributed by atoms with van der Waals surface area (Å²) in [5, 5.41) is 20.8. The van der Waals surface area contributed by atoms with Crippen LogP contribution < -0.4 is 5.32 Å². The van der Waals surface area contributed by atoms with Gasteiger partial charge >= 0.3 is 0 Å². The number of aromatic nitrogens is 4. The Hall–Kier alpha value is -3.47. The normalized spacial score (nSPS) is 29.5. The molecule has 3 aliphatic rings. The Labute approximate surface area is 174 Å². The molecule has 2 fully saturated rings. The molecule has 7 nitrogen and oxygen atoms in total. The van der Waals surface area contributed by atoms with E-state index >= 15 is 0 Å². The first-order chi connectivity index (χ1) is 14.7. The minimum absolute atomic E-state index is 0.232. The summed E-state index contributed by atoms with van der Waals surface area (Å²) in [7, 11) is 0. The van der Waals surface area contributed by atoms with Gasteiger partial charge in [-0.25, -0.2) is 9.37 Å². The molecular formula is C22H22FN7. The molecular weight excluding hydrogens is 381 g/mol. The molecule has 2 aliphatic heterocycles. The number of anilines is 1. The first-order valence-electron chi connectivity index (χ1n) is 10.1. The summed E-state index contributed by atoms with van der Waals surface area (Å²) in [5.41, 5.74) is 1.45. The highest BCUT2D eigenvalue weighted by Crippen LogP contribution is 2.46. The summed E-state index contributed by atoms with van der Waals surface area (Å²) < 4.78 is 14.8. The van der Waals surface area contributed by atoms with E-state index in [4.69, 9.17) is 5.26 Å². The van der Waals surface area contributed by atoms with Crippen molar-refractivity contribution in [1.82, 2.24) is 24.9 Å². The topological polar surface area (TPSA) is 82.7 Å². The first kappa shape index (κ1) is 18.6.